The summed E-state index contributed by atoms with van der Waals surface area (Å²) in [4.78, 5) is 23.4. The number of sulfonamides is 1. The van der Waals surface area contributed by atoms with Crippen LogP contribution in [-0.4, -0.2) is 47.2 Å². The highest BCUT2D eigenvalue weighted by Crippen LogP contribution is 2.18. The highest BCUT2D eigenvalue weighted by Gasteiger charge is 2.34. The molecule has 1 fully saturated rings. The Bertz CT molecular complexity index is 754. The molecular formula is C12H19N3O5S. The highest BCUT2D eigenvalue weighted by atomic mass is 32.2. The molecular weight excluding hydrogens is 298 g/mol. The molecule has 1 aliphatic heterocycles. The lowest BCUT2D eigenvalue weighted by Gasteiger charge is -2.34. The lowest BCUT2D eigenvalue weighted by atomic mass is 10.3. The molecule has 0 unspecified atom stereocenters. The molecule has 2 heterocycles. The number of aryl methyl sites for hydroxylation is 1. The molecule has 118 valence electrons. The van der Waals surface area contributed by atoms with E-state index in [9.17, 15) is 18.0 Å². The molecule has 2 atom stereocenters. The smallest absolute Gasteiger partial charge is 0.330 e. The van der Waals surface area contributed by atoms with Crippen molar-refractivity contribution >= 4 is 10.0 Å². The first-order valence-corrected chi connectivity index (χ1v) is 8.01. The van der Waals surface area contributed by atoms with E-state index in [1.165, 1.54) is 18.4 Å². The number of nitrogens with zero attached hydrogens (tertiary/aromatic N) is 3. The summed E-state index contributed by atoms with van der Waals surface area (Å²) in [5, 5.41) is 0. The van der Waals surface area contributed by atoms with Crippen LogP contribution in [0.25, 0.3) is 0 Å². The standard InChI is InChI=1S/C12H19N3O5S/c1-8-5-15(6-9(2)20-8)21(18,19)10-7-13(3)12(17)14(4)11(10)16/h7-9H,5-6H2,1-4H3/t8-,9+. The lowest BCUT2D eigenvalue weighted by molar-refractivity contribution is -0.0441. The number of aromatic nitrogens is 2. The first-order chi connectivity index (χ1) is 9.64. The average Bonchev–Trinajstić information content (AvgIpc) is 2.39. The molecule has 2 rings (SSSR count). The molecule has 0 spiro atoms. The van der Waals surface area contributed by atoms with Crippen LogP contribution in [0.4, 0.5) is 0 Å². The van der Waals surface area contributed by atoms with Gasteiger partial charge in [-0.2, -0.15) is 4.31 Å². The number of ether oxygens (including phenoxy) is 1. The van der Waals surface area contributed by atoms with Crippen molar-refractivity contribution in [3.63, 3.8) is 0 Å². The molecule has 1 aromatic heterocycles. The van der Waals surface area contributed by atoms with Gasteiger partial charge in [-0.3, -0.25) is 9.36 Å². The summed E-state index contributed by atoms with van der Waals surface area (Å²) in [6.07, 6.45) is 0.574. The zero-order valence-electron chi connectivity index (χ0n) is 12.4. The average molecular weight is 317 g/mol. The summed E-state index contributed by atoms with van der Waals surface area (Å²) in [7, 11) is -1.29. The fourth-order valence-corrected chi connectivity index (χ4v) is 4.16. The van der Waals surface area contributed by atoms with E-state index in [-0.39, 0.29) is 25.3 Å². The third-order valence-corrected chi connectivity index (χ3v) is 5.23. The van der Waals surface area contributed by atoms with Crippen LogP contribution in [-0.2, 0) is 28.9 Å². The van der Waals surface area contributed by atoms with Crippen molar-refractivity contribution in [2.45, 2.75) is 31.0 Å². The summed E-state index contributed by atoms with van der Waals surface area (Å²) in [5.41, 5.74) is -1.38. The molecule has 21 heavy (non-hydrogen) atoms. The molecule has 1 saturated heterocycles. The van der Waals surface area contributed by atoms with Crippen molar-refractivity contribution < 1.29 is 13.2 Å². The third kappa shape index (κ3) is 2.81. The van der Waals surface area contributed by atoms with Crippen LogP contribution in [0.5, 0.6) is 0 Å². The molecule has 9 heteroatoms. The van der Waals surface area contributed by atoms with Crippen LogP contribution >= 0.6 is 0 Å². The molecule has 1 aliphatic rings. The van der Waals surface area contributed by atoms with Crippen molar-refractivity contribution in [2.24, 2.45) is 14.1 Å². The van der Waals surface area contributed by atoms with Gasteiger partial charge >= 0.3 is 5.69 Å². The summed E-state index contributed by atoms with van der Waals surface area (Å²) in [6, 6.07) is 0. The Morgan fingerprint density at radius 3 is 2.19 bits per heavy atom. The largest absolute Gasteiger partial charge is 0.373 e. The summed E-state index contributed by atoms with van der Waals surface area (Å²) < 4.78 is 33.9. The minimum Gasteiger partial charge on any atom is -0.373 e. The quantitative estimate of drug-likeness (QED) is 0.689. The number of rotatable bonds is 2. The second-order valence-corrected chi connectivity index (χ2v) is 7.24. The SMILES string of the molecule is C[C@@H]1CN(S(=O)(=O)c2cn(C)c(=O)n(C)c2=O)C[C@H](C)O1. The summed E-state index contributed by atoms with van der Waals surface area (Å²) in [6.45, 7) is 3.91. The van der Waals surface area contributed by atoms with Crippen LogP contribution in [0.1, 0.15) is 13.8 Å². The van der Waals surface area contributed by atoms with Crippen molar-refractivity contribution in [1.82, 2.24) is 13.4 Å². The molecule has 0 radical (unpaired) electrons. The molecule has 0 saturated carbocycles. The first kappa shape index (κ1) is 15.9. The Morgan fingerprint density at radius 2 is 1.67 bits per heavy atom. The van der Waals surface area contributed by atoms with Gasteiger partial charge < -0.3 is 9.30 Å². The van der Waals surface area contributed by atoms with Crippen LogP contribution in [0.3, 0.4) is 0 Å². The second kappa shape index (κ2) is 5.39. The Balaban J connectivity index is 2.55. The van der Waals surface area contributed by atoms with Crippen LogP contribution in [0.15, 0.2) is 20.7 Å². The summed E-state index contributed by atoms with van der Waals surface area (Å²) >= 11 is 0. The van der Waals surface area contributed by atoms with E-state index in [0.717, 1.165) is 15.3 Å². The molecule has 0 N–H and O–H groups in total. The van der Waals surface area contributed by atoms with Crippen molar-refractivity contribution in [3.05, 3.63) is 27.0 Å². The number of hydrogen-bond donors (Lipinski definition) is 0. The minimum absolute atomic E-state index is 0.179. The molecule has 1 aromatic rings. The van der Waals surface area contributed by atoms with Crippen LogP contribution < -0.4 is 11.2 Å². The van der Waals surface area contributed by atoms with Gasteiger partial charge in [-0.05, 0) is 13.8 Å². The fraction of sp³-hybridized carbons (Fsp3) is 0.667. The monoisotopic (exact) mass is 317 g/mol. The predicted molar refractivity (Wildman–Crippen MR) is 75.7 cm³/mol. The van der Waals surface area contributed by atoms with E-state index in [2.05, 4.69) is 0 Å². The molecule has 0 aliphatic carbocycles. The van der Waals surface area contributed by atoms with E-state index in [0.29, 0.717) is 0 Å². The van der Waals surface area contributed by atoms with Gasteiger partial charge in [-0.1, -0.05) is 0 Å². The third-order valence-electron chi connectivity index (χ3n) is 3.42. The Labute approximate surface area is 122 Å². The van der Waals surface area contributed by atoms with Gasteiger partial charge in [0.05, 0.1) is 12.2 Å². The molecule has 8 nitrogen and oxygen atoms in total. The van der Waals surface area contributed by atoms with Gasteiger partial charge in [0.1, 0.15) is 0 Å². The van der Waals surface area contributed by atoms with Gasteiger partial charge in [-0.25, -0.2) is 13.2 Å². The van der Waals surface area contributed by atoms with Gasteiger partial charge in [-0.15, -0.1) is 0 Å². The zero-order chi connectivity index (χ0) is 15.9. The number of hydrogen-bond acceptors (Lipinski definition) is 5. The van der Waals surface area contributed by atoms with Crippen molar-refractivity contribution in [2.75, 3.05) is 13.1 Å². The molecule has 0 amide bonds. The van der Waals surface area contributed by atoms with E-state index < -0.39 is 26.2 Å². The van der Waals surface area contributed by atoms with Gasteiger partial charge in [0.25, 0.3) is 5.56 Å². The second-order valence-electron chi connectivity index (χ2n) is 5.33. The van der Waals surface area contributed by atoms with Crippen molar-refractivity contribution in [1.29, 1.82) is 0 Å². The maximum atomic E-state index is 12.7. The van der Waals surface area contributed by atoms with Gasteiger partial charge in [0.15, 0.2) is 4.90 Å². The van der Waals surface area contributed by atoms with E-state index in [4.69, 9.17) is 4.74 Å². The Hall–Kier alpha value is -1.45. The normalized spacial score (nSPS) is 24.2. The molecule has 0 aromatic carbocycles. The predicted octanol–water partition coefficient (Wildman–Crippen LogP) is -1.12. The van der Waals surface area contributed by atoms with E-state index in [1.54, 1.807) is 13.8 Å². The van der Waals surface area contributed by atoms with Gasteiger partial charge in [0, 0.05) is 33.4 Å². The minimum atomic E-state index is -3.96. The molecule has 0 bridgehead atoms. The first-order valence-electron chi connectivity index (χ1n) is 6.57. The van der Waals surface area contributed by atoms with E-state index in [1.807, 2.05) is 0 Å². The maximum Gasteiger partial charge on any atom is 0.330 e. The Kier molecular flexibility index (Phi) is 4.09. The van der Waals surface area contributed by atoms with Crippen LogP contribution in [0, 0.1) is 0 Å². The summed E-state index contributed by atoms with van der Waals surface area (Å²) in [5.74, 6) is 0. The topological polar surface area (TPSA) is 90.6 Å². The highest BCUT2D eigenvalue weighted by molar-refractivity contribution is 7.89. The zero-order valence-corrected chi connectivity index (χ0v) is 13.3. The number of morpholine rings is 1. The van der Waals surface area contributed by atoms with E-state index >= 15 is 0 Å². The fourth-order valence-electron chi connectivity index (χ4n) is 2.42. The Morgan fingerprint density at radius 1 is 1.14 bits per heavy atom. The van der Waals surface area contributed by atoms with Gasteiger partial charge in [0.2, 0.25) is 10.0 Å². The maximum absolute atomic E-state index is 12.7. The van der Waals surface area contributed by atoms with Crippen LogP contribution in [0.2, 0.25) is 0 Å². The lowest BCUT2D eigenvalue weighted by Crippen LogP contribution is -2.50. The van der Waals surface area contributed by atoms with Crippen molar-refractivity contribution in [3.8, 4) is 0 Å².